The van der Waals surface area contributed by atoms with Crippen LogP contribution in [0.3, 0.4) is 0 Å². The van der Waals surface area contributed by atoms with E-state index in [1.165, 1.54) is 16.4 Å². The molecular formula is C19H27FN2O4S. The van der Waals surface area contributed by atoms with Crippen molar-refractivity contribution in [2.24, 2.45) is 5.92 Å². The normalized spacial score (nSPS) is 26.7. The number of hydrogen-bond donors (Lipinski definition) is 0. The highest BCUT2D eigenvalue weighted by Gasteiger charge is 2.39. The summed E-state index contributed by atoms with van der Waals surface area (Å²) in [6.45, 7) is 7.39. The predicted octanol–water partition coefficient (Wildman–Crippen LogP) is 2.25. The molecule has 0 N–H and O–H groups in total. The minimum atomic E-state index is -3.74. The first kappa shape index (κ1) is 20.2. The van der Waals surface area contributed by atoms with Crippen molar-refractivity contribution in [3.05, 3.63) is 30.1 Å². The van der Waals surface area contributed by atoms with E-state index in [2.05, 4.69) is 0 Å². The van der Waals surface area contributed by atoms with Gasteiger partial charge in [0.1, 0.15) is 5.82 Å². The average Bonchev–Trinajstić information content (AvgIpc) is 2.60. The Morgan fingerprint density at radius 1 is 1.22 bits per heavy atom. The van der Waals surface area contributed by atoms with Crippen molar-refractivity contribution in [2.45, 2.75) is 50.2 Å². The van der Waals surface area contributed by atoms with Gasteiger partial charge in [-0.2, -0.15) is 4.31 Å². The van der Waals surface area contributed by atoms with Gasteiger partial charge in [-0.3, -0.25) is 4.79 Å². The number of halogens is 1. The van der Waals surface area contributed by atoms with Gasteiger partial charge in [0, 0.05) is 26.2 Å². The zero-order valence-electron chi connectivity index (χ0n) is 16.0. The van der Waals surface area contributed by atoms with E-state index >= 15 is 0 Å². The summed E-state index contributed by atoms with van der Waals surface area (Å²) in [4.78, 5) is 14.9. The lowest BCUT2D eigenvalue weighted by molar-refractivity contribution is -0.162. The van der Waals surface area contributed by atoms with Gasteiger partial charge < -0.3 is 9.64 Å². The molecule has 27 heavy (non-hydrogen) atoms. The molecule has 2 unspecified atom stereocenters. The maximum absolute atomic E-state index is 13.1. The summed E-state index contributed by atoms with van der Waals surface area (Å²) in [5.74, 6) is -0.864. The molecule has 2 saturated heterocycles. The van der Waals surface area contributed by atoms with Crippen molar-refractivity contribution < 1.29 is 22.3 Å². The fourth-order valence-electron chi connectivity index (χ4n) is 4.00. The molecule has 0 radical (unpaired) electrons. The van der Waals surface area contributed by atoms with Gasteiger partial charge in [-0.25, -0.2) is 12.8 Å². The van der Waals surface area contributed by atoms with Gasteiger partial charge >= 0.3 is 0 Å². The summed E-state index contributed by atoms with van der Waals surface area (Å²) in [7, 11) is -3.74. The Labute approximate surface area is 160 Å². The van der Waals surface area contributed by atoms with E-state index in [9.17, 15) is 17.6 Å². The SMILES string of the molecule is CC1CN(C(=O)C2CCCN(S(=O)(=O)c3ccc(F)cc3)C2)CC(C)(C)O1. The maximum atomic E-state index is 13.1. The number of nitrogens with zero attached hydrogens (tertiary/aromatic N) is 2. The summed E-state index contributed by atoms with van der Waals surface area (Å²) >= 11 is 0. The summed E-state index contributed by atoms with van der Waals surface area (Å²) in [6.07, 6.45) is 1.24. The molecule has 2 heterocycles. The highest BCUT2D eigenvalue weighted by molar-refractivity contribution is 7.89. The monoisotopic (exact) mass is 398 g/mol. The minimum absolute atomic E-state index is 0.0165. The molecule has 2 fully saturated rings. The number of ether oxygens (including phenoxy) is 1. The first-order valence-electron chi connectivity index (χ1n) is 9.31. The smallest absolute Gasteiger partial charge is 0.243 e. The first-order valence-corrected chi connectivity index (χ1v) is 10.7. The van der Waals surface area contributed by atoms with E-state index in [1.54, 1.807) is 4.90 Å². The van der Waals surface area contributed by atoms with Crippen LogP contribution in [0.2, 0.25) is 0 Å². The first-order chi connectivity index (χ1) is 12.6. The molecule has 1 aromatic rings. The van der Waals surface area contributed by atoms with E-state index < -0.39 is 21.4 Å². The molecule has 6 nitrogen and oxygen atoms in total. The Morgan fingerprint density at radius 2 is 1.89 bits per heavy atom. The van der Waals surface area contributed by atoms with Crippen molar-refractivity contribution in [1.29, 1.82) is 0 Å². The van der Waals surface area contributed by atoms with Crippen molar-refractivity contribution in [3.8, 4) is 0 Å². The van der Waals surface area contributed by atoms with Crippen molar-refractivity contribution >= 4 is 15.9 Å². The predicted molar refractivity (Wildman–Crippen MR) is 99.1 cm³/mol. The van der Waals surface area contributed by atoms with Crippen LogP contribution in [0.5, 0.6) is 0 Å². The van der Waals surface area contributed by atoms with Crippen LogP contribution in [0, 0.1) is 11.7 Å². The minimum Gasteiger partial charge on any atom is -0.369 e. The third-order valence-electron chi connectivity index (χ3n) is 5.07. The lowest BCUT2D eigenvalue weighted by Crippen LogP contribution is -2.56. The molecule has 0 saturated carbocycles. The standard InChI is InChI=1S/C19H27FN2O4S/c1-14-11-21(13-19(2,3)26-14)18(23)15-5-4-10-22(12-15)27(24,25)17-8-6-16(20)7-9-17/h6-9,14-15H,4-5,10-13H2,1-3H3. The van der Waals surface area contributed by atoms with E-state index in [-0.39, 0.29) is 29.4 Å². The molecule has 0 spiro atoms. The number of rotatable bonds is 3. The second-order valence-corrected chi connectivity index (χ2v) is 10.0. The number of benzene rings is 1. The molecule has 2 atom stereocenters. The van der Waals surface area contributed by atoms with Crippen molar-refractivity contribution in [1.82, 2.24) is 9.21 Å². The zero-order chi connectivity index (χ0) is 19.8. The van der Waals surface area contributed by atoms with E-state index in [0.29, 0.717) is 32.5 Å². The Hall–Kier alpha value is -1.51. The van der Waals surface area contributed by atoms with Crippen LogP contribution >= 0.6 is 0 Å². The fourth-order valence-corrected chi connectivity index (χ4v) is 5.52. The number of carbonyl (C=O) groups excluding carboxylic acids is 1. The van der Waals surface area contributed by atoms with Crippen LogP contribution in [0.4, 0.5) is 4.39 Å². The van der Waals surface area contributed by atoms with Crippen molar-refractivity contribution in [3.63, 3.8) is 0 Å². The number of sulfonamides is 1. The Bertz CT molecular complexity index is 794. The number of morpholine rings is 1. The van der Waals surface area contributed by atoms with Gasteiger partial charge in [0.2, 0.25) is 15.9 Å². The second-order valence-electron chi connectivity index (χ2n) is 8.06. The molecule has 1 aromatic carbocycles. The molecule has 150 valence electrons. The van der Waals surface area contributed by atoms with Gasteiger partial charge in [0.05, 0.1) is 22.5 Å². The molecule has 3 rings (SSSR count). The molecular weight excluding hydrogens is 371 g/mol. The van der Waals surface area contributed by atoms with Crippen LogP contribution < -0.4 is 0 Å². The average molecular weight is 399 g/mol. The second kappa shape index (κ2) is 7.48. The van der Waals surface area contributed by atoms with Crippen molar-refractivity contribution in [2.75, 3.05) is 26.2 Å². The summed E-state index contributed by atoms with van der Waals surface area (Å²) in [6, 6.07) is 4.80. The number of hydrogen-bond acceptors (Lipinski definition) is 4. The van der Waals surface area contributed by atoms with Gasteiger partial charge in [-0.05, 0) is 57.9 Å². The Balaban J connectivity index is 1.74. The van der Waals surface area contributed by atoms with Crippen LogP contribution in [-0.4, -0.2) is 61.4 Å². The highest BCUT2D eigenvalue weighted by Crippen LogP contribution is 2.28. The van der Waals surface area contributed by atoms with Gasteiger partial charge in [-0.1, -0.05) is 0 Å². The van der Waals surface area contributed by atoms with Gasteiger partial charge in [0.15, 0.2) is 0 Å². The number of amides is 1. The fraction of sp³-hybridized carbons (Fsp3) is 0.632. The quantitative estimate of drug-likeness (QED) is 0.783. The number of carbonyl (C=O) groups is 1. The molecule has 1 amide bonds. The Morgan fingerprint density at radius 3 is 2.52 bits per heavy atom. The molecule has 0 bridgehead atoms. The maximum Gasteiger partial charge on any atom is 0.243 e. The molecule has 2 aliphatic heterocycles. The third kappa shape index (κ3) is 4.50. The van der Waals surface area contributed by atoms with E-state index in [4.69, 9.17) is 4.74 Å². The van der Waals surface area contributed by atoms with Gasteiger partial charge in [0.25, 0.3) is 0 Å². The summed E-state index contributed by atoms with van der Waals surface area (Å²) in [5, 5.41) is 0. The summed E-state index contributed by atoms with van der Waals surface area (Å²) < 4.78 is 46.0. The van der Waals surface area contributed by atoms with Crippen LogP contribution in [0.25, 0.3) is 0 Å². The lowest BCUT2D eigenvalue weighted by atomic mass is 9.96. The molecule has 0 aromatic heterocycles. The van der Waals surface area contributed by atoms with E-state index in [1.807, 2.05) is 20.8 Å². The number of piperidine rings is 1. The Kier molecular flexibility index (Phi) is 5.61. The van der Waals surface area contributed by atoms with Crippen LogP contribution in [0.1, 0.15) is 33.6 Å². The molecule has 2 aliphatic rings. The van der Waals surface area contributed by atoms with Gasteiger partial charge in [-0.15, -0.1) is 0 Å². The van der Waals surface area contributed by atoms with E-state index in [0.717, 1.165) is 12.1 Å². The highest BCUT2D eigenvalue weighted by atomic mass is 32.2. The summed E-state index contributed by atoms with van der Waals surface area (Å²) in [5.41, 5.74) is -0.415. The molecule has 0 aliphatic carbocycles. The zero-order valence-corrected chi connectivity index (χ0v) is 16.8. The topological polar surface area (TPSA) is 66.9 Å². The molecule has 8 heteroatoms. The lowest BCUT2D eigenvalue weighted by Gasteiger charge is -2.43. The third-order valence-corrected chi connectivity index (χ3v) is 6.95. The van der Waals surface area contributed by atoms with Crippen LogP contribution in [-0.2, 0) is 19.6 Å². The van der Waals surface area contributed by atoms with Crippen LogP contribution in [0.15, 0.2) is 29.2 Å². The largest absolute Gasteiger partial charge is 0.369 e.